The lowest BCUT2D eigenvalue weighted by Gasteiger charge is -2.30. The summed E-state index contributed by atoms with van der Waals surface area (Å²) in [6.45, 7) is 2.90. The highest BCUT2D eigenvalue weighted by Gasteiger charge is 2.27. The standard InChI is InChI=1S/C27H30ClN3O/c28-24-13-7-8-20(14-24)16-30-25-15-23(17-29-18-25)27(32)31-19-26(21-9-3-1-4-10-21)22-11-5-2-6-12-22/h1-14,23,25-26,29-30H,15-19H2,(H,31,32)/t23-,25-/m0/s1. The molecule has 3 N–H and O–H groups in total. The molecule has 1 saturated heterocycles. The fourth-order valence-electron chi connectivity index (χ4n) is 4.35. The summed E-state index contributed by atoms with van der Waals surface area (Å²) in [6.07, 6.45) is 0.820. The van der Waals surface area contributed by atoms with E-state index in [4.69, 9.17) is 11.6 Å². The lowest BCUT2D eigenvalue weighted by atomic mass is 9.90. The zero-order valence-electron chi connectivity index (χ0n) is 18.1. The highest BCUT2D eigenvalue weighted by atomic mass is 35.5. The molecule has 0 saturated carbocycles. The molecule has 0 spiro atoms. The van der Waals surface area contributed by atoms with Crippen molar-refractivity contribution in [1.82, 2.24) is 16.0 Å². The van der Waals surface area contributed by atoms with Gasteiger partial charge in [0.15, 0.2) is 0 Å². The Morgan fingerprint density at radius 1 is 0.938 bits per heavy atom. The van der Waals surface area contributed by atoms with Gasteiger partial charge in [-0.3, -0.25) is 4.79 Å². The highest BCUT2D eigenvalue weighted by molar-refractivity contribution is 6.30. The van der Waals surface area contributed by atoms with Crippen LogP contribution >= 0.6 is 11.6 Å². The number of nitrogens with one attached hydrogen (secondary N) is 3. The predicted octanol–water partition coefficient (Wildman–Crippen LogP) is 4.36. The van der Waals surface area contributed by atoms with Gasteiger partial charge in [-0.2, -0.15) is 0 Å². The van der Waals surface area contributed by atoms with E-state index >= 15 is 0 Å². The summed E-state index contributed by atoms with van der Waals surface area (Å²) < 4.78 is 0. The molecule has 0 aliphatic carbocycles. The van der Waals surface area contributed by atoms with E-state index in [9.17, 15) is 4.79 Å². The van der Waals surface area contributed by atoms with Gasteiger partial charge in [0, 0.05) is 43.2 Å². The second-order valence-electron chi connectivity index (χ2n) is 8.42. The average Bonchev–Trinajstić information content (AvgIpc) is 2.84. The maximum absolute atomic E-state index is 13.0. The minimum absolute atomic E-state index is 0.0483. The molecule has 1 fully saturated rings. The van der Waals surface area contributed by atoms with Crippen molar-refractivity contribution in [2.75, 3.05) is 19.6 Å². The smallest absolute Gasteiger partial charge is 0.224 e. The number of piperidine rings is 1. The van der Waals surface area contributed by atoms with Crippen molar-refractivity contribution in [3.05, 3.63) is 107 Å². The Labute approximate surface area is 195 Å². The molecule has 0 aromatic heterocycles. The van der Waals surface area contributed by atoms with Crippen molar-refractivity contribution in [2.45, 2.75) is 24.9 Å². The van der Waals surface area contributed by atoms with Crippen LogP contribution in [0.15, 0.2) is 84.9 Å². The molecule has 5 heteroatoms. The summed E-state index contributed by atoms with van der Waals surface area (Å²) in [5.41, 5.74) is 3.57. The van der Waals surface area contributed by atoms with Crippen LogP contribution in [-0.2, 0) is 11.3 Å². The van der Waals surface area contributed by atoms with Crippen LogP contribution in [0, 0.1) is 5.92 Å². The van der Waals surface area contributed by atoms with Crippen LogP contribution in [0.3, 0.4) is 0 Å². The van der Waals surface area contributed by atoms with E-state index in [-0.39, 0.29) is 23.8 Å². The van der Waals surface area contributed by atoms with E-state index in [1.807, 2.05) is 54.6 Å². The zero-order valence-corrected chi connectivity index (χ0v) is 18.9. The SMILES string of the molecule is O=C(NCC(c1ccccc1)c1ccccc1)[C@@H]1CNC[C@@H](NCc2cccc(Cl)c2)C1. The maximum atomic E-state index is 13.0. The fraction of sp³-hybridized carbons (Fsp3) is 0.296. The van der Waals surface area contributed by atoms with Gasteiger partial charge in [-0.15, -0.1) is 0 Å². The number of halogens is 1. The molecule has 166 valence electrons. The number of rotatable bonds is 8. The van der Waals surface area contributed by atoms with Gasteiger partial charge in [0.25, 0.3) is 0 Å². The summed E-state index contributed by atoms with van der Waals surface area (Å²) in [5.74, 6) is 0.200. The molecule has 4 nitrogen and oxygen atoms in total. The third-order valence-electron chi connectivity index (χ3n) is 6.09. The van der Waals surface area contributed by atoms with Crippen LogP contribution in [0.5, 0.6) is 0 Å². The molecule has 1 aliphatic rings. The molecule has 3 aromatic carbocycles. The second kappa shape index (κ2) is 11.3. The molecule has 2 atom stereocenters. The third-order valence-corrected chi connectivity index (χ3v) is 6.32. The van der Waals surface area contributed by atoms with E-state index in [2.05, 4.69) is 46.3 Å². The first kappa shape index (κ1) is 22.5. The van der Waals surface area contributed by atoms with Crippen LogP contribution in [0.1, 0.15) is 29.0 Å². The molecule has 4 rings (SSSR count). The van der Waals surface area contributed by atoms with Crippen molar-refractivity contribution in [3.8, 4) is 0 Å². The van der Waals surface area contributed by atoms with Gasteiger partial charge < -0.3 is 16.0 Å². The summed E-state index contributed by atoms with van der Waals surface area (Å²) in [4.78, 5) is 13.0. The Morgan fingerprint density at radius 3 is 2.28 bits per heavy atom. The first-order valence-electron chi connectivity index (χ1n) is 11.2. The van der Waals surface area contributed by atoms with Crippen molar-refractivity contribution in [2.24, 2.45) is 5.92 Å². The largest absolute Gasteiger partial charge is 0.355 e. The molecule has 3 aromatic rings. The number of amides is 1. The third kappa shape index (κ3) is 6.19. The molecule has 32 heavy (non-hydrogen) atoms. The van der Waals surface area contributed by atoms with Crippen LogP contribution in [-0.4, -0.2) is 31.6 Å². The quantitative estimate of drug-likeness (QED) is 0.481. The van der Waals surface area contributed by atoms with E-state index in [0.29, 0.717) is 13.1 Å². The number of hydrogen-bond donors (Lipinski definition) is 3. The average molecular weight is 448 g/mol. The minimum Gasteiger partial charge on any atom is -0.355 e. The Bertz CT molecular complexity index is 957. The summed E-state index contributed by atoms with van der Waals surface area (Å²) >= 11 is 6.09. The first-order valence-corrected chi connectivity index (χ1v) is 11.6. The van der Waals surface area contributed by atoms with Gasteiger partial charge in [0.1, 0.15) is 0 Å². The molecule has 1 amide bonds. The summed E-state index contributed by atoms with van der Waals surface area (Å²) in [5, 5.41) is 11.0. The van der Waals surface area contributed by atoms with Crippen molar-refractivity contribution in [1.29, 1.82) is 0 Å². The van der Waals surface area contributed by atoms with Gasteiger partial charge in [-0.1, -0.05) is 84.4 Å². The topological polar surface area (TPSA) is 53.2 Å². The first-order chi connectivity index (χ1) is 15.7. The molecular formula is C27H30ClN3O. The monoisotopic (exact) mass is 447 g/mol. The highest BCUT2D eigenvalue weighted by Crippen LogP contribution is 2.24. The molecule has 0 unspecified atom stereocenters. The minimum atomic E-state index is -0.0483. The van der Waals surface area contributed by atoms with Gasteiger partial charge in [0.2, 0.25) is 5.91 Å². The number of benzene rings is 3. The number of hydrogen-bond acceptors (Lipinski definition) is 3. The molecule has 0 radical (unpaired) electrons. The molecule has 0 bridgehead atoms. The van der Waals surface area contributed by atoms with Crippen molar-refractivity contribution >= 4 is 17.5 Å². The van der Waals surface area contributed by atoms with Gasteiger partial charge in [-0.25, -0.2) is 0 Å². The van der Waals surface area contributed by atoms with Crippen molar-refractivity contribution in [3.63, 3.8) is 0 Å². The predicted molar refractivity (Wildman–Crippen MR) is 131 cm³/mol. The van der Waals surface area contributed by atoms with Crippen molar-refractivity contribution < 1.29 is 4.79 Å². The second-order valence-corrected chi connectivity index (χ2v) is 8.85. The summed E-state index contributed by atoms with van der Waals surface area (Å²) in [7, 11) is 0. The molecule has 1 aliphatic heterocycles. The van der Waals surface area contributed by atoms with E-state index in [0.717, 1.165) is 30.1 Å². The zero-order chi connectivity index (χ0) is 22.2. The summed E-state index contributed by atoms with van der Waals surface area (Å²) in [6, 6.07) is 28.9. The lowest BCUT2D eigenvalue weighted by molar-refractivity contribution is -0.125. The number of carbonyl (C=O) groups is 1. The molecular weight excluding hydrogens is 418 g/mol. The Balaban J connectivity index is 1.34. The number of carbonyl (C=O) groups excluding carboxylic acids is 1. The Kier molecular flexibility index (Phi) is 7.94. The Hall–Kier alpha value is -2.66. The lowest BCUT2D eigenvalue weighted by Crippen LogP contribution is -2.51. The molecule has 1 heterocycles. The Morgan fingerprint density at radius 2 is 1.62 bits per heavy atom. The van der Waals surface area contributed by atoms with E-state index in [1.165, 1.54) is 11.1 Å². The maximum Gasteiger partial charge on any atom is 0.224 e. The van der Waals surface area contributed by atoms with Gasteiger partial charge in [-0.05, 0) is 35.2 Å². The van der Waals surface area contributed by atoms with E-state index < -0.39 is 0 Å². The van der Waals surface area contributed by atoms with Gasteiger partial charge >= 0.3 is 0 Å². The van der Waals surface area contributed by atoms with Crippen LogP contribution in [0.4, 0.5) is 0 Å². The van der Waals surface area contributed by atoms with Gasteiger partial charge in [0.05, 0.1) is 5.92 Å². The van der Waals surface area contributed by atoms with E-state index in [1.54, 1.807) is 0 Å². The van der Waals surface area contributed by atoms with Crippen LogP contribution in [0.2, 0.25) is 5.02 Å². The fourth-order valence-corrected chi connectivity index (χ4v) is 4.56. The normalized spacial score (nSPS) is 18.4. The van der Waals surface area contributed by atoms with Crippen LogP contribution in [0.25, 0.3) is 0 Å². The van der Waals surface area contributed by atoms with Crippen LogP contribution < -0.4 is 16.0 Å².